The van der Waals surface area contributed by atoms with Gasteiger partial charge in [0.1, 0.15) is 5.75 Å². The molecule has 1 aliphatic carbocycles. The molecule has 0 saturated heterocycles. The summed E-state index contributed by atoms with van der Waals surface area (Å²) in [7, 11) is 1.62. The van der Waals surface area contributed by atoms with Gasteiger partial charge in [0.2, 0.25) is 17.6 Å². The highest BCUT2D eigenvalue weighted by atomic mass is 32.2. The van der Waals surface area contributed by atoms with Crippen LogP contribution in [0.2, 0.25) is 0 Å². The number of rotatable bonds is 7. The SMILES string of the molecule is COc1cccc(-c2noc(CSCC(=O)N[C@@H]3CCCC[C@@H]3C)n2)c1. The van der Waals surface area contributed by atoms with Gasteiger partial charge in [-0.3, -0.25) is 4.79 Å². The first-order valence-electron chi connectivity index (χ1n) is 9.00. The van der Waals surface area contributed by atoms with Crippen molar-refractivity contribution in [3.05, 3.63) is 30.2 Å². The molecule has 1 amide bonds. The molecule has 0 unspecified atom stereocenters. The lowest BCUT2D eigenvalue weighted by Crippen LogP contribution is -2.41. The van der Waals surface area contributed by atoms with Gasteiger partial charge in [-0.1, -0.05) is 37.1 Å². The van der Waals surface area contributed by atoms with Crippen molar-refractivity contribution in [2.24, 2.45) is 5.92 Å². The van der Waals surface area contributed by atoms with E-state index in [1.165, 1.54) is 31.0 Å². The highest BCUT2D eigenvalue weighted by Crippen LogP contribution is 2.24. The molecule has 0 spiro atoms. The van der Waals surface area contributed by atoms with Crippen molar-refractivity contribution in [2.75, 3.05) is 12.9 Å². The maximum absolute atomic E-state index is 12.1. The summed E-state index contributed by atoms with van der Waals surface area (Å²) in [5.74, 6) is 3.37. The Hall–Kier alpha value is -2.02. The summed E-state index contributed by atoms with van der Waals surface area (Å²) in [4.78, 5) is 16.5. The molecule has 1 N–H and O–H groups in total. The lowest BCUT2D eigenvalue weighted by Gasteiger charge is -2.29. The maximum atomic E-state index is 12.1. The van der Waals surface area contributed by atoms with Gasteiger partial charge in [0.05, 0.1) is 18.6 Å². The Bertz CT molecular complexity index is 734. The van der Waals surface area contributed by atoms with E-state index in [0.29, 0.717) is 35.2 Å². The lowest BCUT2D eigenvalue weighted by atomic mass is 9.86. The van der Waals surface area contributed by atoms with Gasteiger partial charge in [-0.2, -0.15) is 4.98 Å². The molecule has 7 heteroatoms. The van der Waals surface area contributed by atoms with Gasteiger partial charge >= 0.3 is 0 Å². The molecule has 6 nitrogen and oxygen atoms in total. The van der Waals surface area contributed by atoms with Crippen LogP contribution in [0.15, 0.2) is 28.8 Å². The Morgan fingerprint density at radius 3 is 3.04 bits per heavy atom. The third-order valence-corrected chi connectivity index (χ3v) is 5.63. The van der Waals surface area contributed by atoms with Crippen LogP contribution in [0.5, 0.6) is 5.75 Å². The van der Waals surface area contributed by atoms with Crippen LogP contribution in [-0.4, -0.2) is 35.0 Å². The number of nitrogens with zero attached hydrogens (tertiary/aromatic N) is 2. The fourth-order valence-corrected chi connectivity index (χ4v) is 3.87. The summed E-state index contributed by atoms with van der Waals surface area (Å²) in [6, 6.07) is 7.84. The number of carbonyl (C=O) groups excluding carboxylic acids is 1. The monoisotopic (exact) mass is 375 g/mol. The Kier molecular flexibility index (Phi) is 6.55. The van der Waals surface area contributed by atoms with Crippen molar-refractivity contribution in [2.45, 2.75) is 44.4 Å². The molecule has 2 atom stereocenters. The Morgan fingerprint density at radius 2 is 2.23 bits per heavy atom. The van der Waals surface area contributed by atoms with Gasteiger partial charge in [0.25, 0.3) is 0 Å². The summed E-state index contributed by atoms with van der Waals surface area (Å²) in [5.41, 5.74) is 0.841. The van der Waals surface area contributed by atoms with Crippen molar-refractivity contribution in [3.8, 4) is 17.1 Å². The molecule has 1 heterocycles. The number of thioether (sulfide) groups is 1. The minimum Gasteiger partial charge on any atom is -0.497 e. The van der Waals surface area contributed by atoms with E-state index in [4.69, 9.17) is 9.26 Å². The average Bonchev–Trinajstić information content (AvgIpc) is 3.13. The molecule has 1 aromatic carbocycles. The zero-order valence-corrected chi connectivity index (χ0v) is 16.1. The van der Waals surface area contributed by atoms with Crippen molar-refractivity contribution in [1.29, 1.82) is 0 Å². The summed E-state index contributed by atoms with van der Waals surface area (Å²) in [6.07, 6.45) is 4.77. The van der Waals surface area contributed by atoms with Crippen LogP contribution in [0.4, 0.5) is 0 Å². The molecule has 1 fully saturated rings. The second-order valence-electron chi connectivity index (χ2n) is 6.67. The fourth-order valence-electron chi connectivity index (χ4n) is 3.20. The highest BCUT2D eigenvalue weighted by Gasteiger charge is 2.22. The second-order valence-corrected chi connectivity index (χ2v) is 7.66. The Balaban J connectivity index is 1.46. The molecule has 140 valence electrons. The minimum atomic E-state index is 0.0845. The molecular formula is C19H25N3O3S. The van der Waals surface area contributed by atoms with E-state index in [2.05, 4.69) is 22.4 Å². The summed E-state index contributed by atoms with van der Waals surface area (Å²) in [6.45, 7) is 2.22. The topological polar surface area (TPSA) is 77.2 Å². The number of aromatic nitrogens is 2. The van der Waals surface area contributed by atoms with Crippen LogP contribution in [0.3, 0.4) is 0 Å². The quantitative estimate of drug-likeness (QED) is 0.795. The third kappa shape index (κ3) is 5.00. The van der Waals surface area contributed by atoms with E-state index in [-0.39, 0.29) is 5.91 Å². The fraction of sp³-hybridized carbons (Fsp3) is 0.526. The molecule has 1 aliphatic rings. The third-order valence-electron chi connectivity index (χ3n) is 4.71. The lowest BCUT2D eigenvalue weighted by molar-refractivity contribution is -0.119. The van der Waals surface area contributed by atoms with E-state index >= 15 is 0 Å². The highest BCUT2D eigenvalue weighted by molar-refractivity contribution is 7.99. The van der Waals surface area contributed by atoms with Gasteiger partial charge in [-0.25, -0.2) is 0 Å². The Morgan fingerprint density at radius 1 is 1.38 bits per heavy atom. The van der Waals surface area contributed by atoms with Gasteiger partial charge < -0.3 is 14.6 Å². The summed E-state index contributed by atoms with van der Waals surface area (Å²) >= 11 is 1.49. The van der Waals surface area contributed by atoms with Crippen LogP contribution in [0.25, 0.3) is 11.4 Å². The molecule has 1 saturated carbocycles. The van der Waals surface area contributed by atoms with E-state index in [1.54, 1.807) is 7.11 Å². The molecule has 26 heavy (non-hydrogen) atoms. The van der Waals surface area contributed by atoms with Crippen molar-refractivity contribution in [1.82, 2.24) is 15.5 Å². The van der Waals surface area contributed by atoms with Crippen LogP contribution in [-0.2, 0) is 10.5 Å². The number of hydrogen-bond donors (Lipinski definition) is 1. The van der Waals surface area contributed by atoms with Gasteiger partial charge in [0, 0.05) is 11.6 Å². The van der Waals surface area contributed by atoms with Crippen LogP contribution in [0, 0.1) is 5.92 Å². The summed E-state index contributed by atoms with van der Waals surface area (Å²) in [5, 5.41) is 7.17. The molecule has 0 bridgehead atoms. The van der Waals surface area contributed by atoms with E-state index < -0.39 is 0 Å². The van der Waals surface area contributed by atoms with Gasteiger partial charge in [0.15, 0.2) is 0 Å². The van der Waals surface area contributed by atoms with E-state index in [0.717, 1.165) is 17.7 Å². The maximum Gasteiger partial charge on any atom is 0.236 e. The van der Waals surface area contributed by atoms with E-state index in [1.807, 2.05) is 24.3 Å². The minimum absolute atomic E-state index is 0.0845. The van der Waals surface area contributed by atoms with Gasteiger partial charge in [-0.05, 0) is 30.9 Å². The first-order chi connectivity index (χ1) is 12.7. The number of nitrogens with one attached hydrogen (secondary N) is 1. The molecule has 0 radical (unpaired) electrons. The molecule has 2 aromatic rings. The zero-order valence-electron chi connectivity index (χ0n) is 15.2. The second kappa shape index (κ2) is 9.07. The molecule has 0 aliphatic heterocycles. The number of ether oxygens (including phenoxy) is 1. The van der Waals surface area contributed by atoms with Crippen LogP contribution in [0.1, 0.15) is 38.5 Å². The number of methoxy groups -OCH3 is 1. The first kappa shape index (κ1) is 18.8. The molecular weight excluding hydrogens is 350 g/mol. The molecule has 1 aromatic heterocycles. The predicted molar refractivity (Wildman–Crippen MR) is 102 cm³/mol. The Labute approximate surface area is 158 Å². The van der Waals surface area contributed by atoms with Crippen molar-refractivity contribution in [3.63, 3.8) is 0 Å². The number of carbonyl (C=O) groups is 1. The van der Waals surface area contributed by atoms with E-state index in [9.17, 15) is 4.79 Å². The van der Waals surface area contributed by atoms with Crippen LogP contribution < -0.4 is 10.1 Å². The van der Waals surface area contributed by atoms with Crippen LogP contribution >= 0.6 is 11.8 Å². The average molecular weight is 375 g/mol. The summed E-state index contributed by atoms with van der Waals surface area (Å²) < 4.78 is 10.5. The number of amides is 1. The zero-order chi connectivity index (χ0) is 18.4. The number of benzene rings is 1. The van der Waals surface area contributed by atoms with Gasteiger partial charge in [-0.15, -0.1) is 11.8 Å². The normalized spacial score (nSPS) is 19.9. The standard InChI is InChI=1S/C19H25N3O3S/c1-13-6-3-4-9-16(13)20-17(23)11-26-12-18-21-19(22-25-18)14-7-5-8-15(10-14)24-2/h5,7-8,10,13,16H,3-4,6,9,11-12H2,1-2H3,(H,20,23)/t13-,16+/m0/s1. The smallest absolute Gasteiger partial charge is 0.236 e. The van der Waals surface area contributed by atoms with Crippen molar-refractivity contribution < 1.29 is 14.1 Å². The first-order valence-corrected chi connectivity index (χ1v) is 10.2. The predicted octanol–water partition coefficient (Wildman–Crippen LogP) is 3.67. The number of hydrogen-bond acceptors (Lipinski definition) is 6. The largest absolute Gasteiger partial charge is 0.497 e. The van der Waals surface area contributed by atoms with Crippen molar-refractivity contribution >= 4 is 17.7 Å². The molecule has 3 rings (SSSR count).